The van der Waals surface area contributed by atoms with Crippen molar-refractivity contribution >= 4 is 21.8 Å². The van der Waals surface area contributed by atoms with Gasteiger partial charge in [-0.3, -0.25) is 9.59 Å². The molecule has 2 rings (SSSR count). The number of rotatable bonds is 8. The predicted octanol–water partition coefficient (Wildman–Crippen LogP) is 2.35. The lowest BCUT2D eigenvalue weighted by Gasteiger charge is -2.31. The number of carbonyl (C=O) groups excluding carboxylic acids is 2. The zero-order valence-electron chi connectivity index (χ0n) is 16.1. The molecule has 144 valence electrons. The highest BCUT2D eigenvalue weighted by Crippen LogP contribution is 2.11. The van der Waals surface area contributed by atoms with Crippen LogP contribution in [0.2, 0.25) is 0 Å². The van der Waals surface area contributed by atoms with E-state index in [4.69, 9.17) is 8.85 Å². The fraction of sp³-hybridized carbons (Fsp3) is 0.300. The van der Waals surface area contributed by atoms with E-state index in [0.717, 1.165) is 0 Å². The van der Waals surface area contributed by atoms with Crippen LogP contribution in [0.15, 0.2) is 60.7 Å². The molecule has 0 aliphatic carbocycles. The quantitative estimate of drug-likeness (QED) is 0.539. The zero-order chi connectivity index (χ0) is 19.9. The summed E-state index contributed by atoms with van der Waals surface area (Å²) in [7, 11) is -1.47. The van der Waals surface area contributed by atoms with Crippen LogP contribution in [0, 0.1) is 0 Å². The molecule has 6 nitrogen and oxygen atoms in total. The summed E-state index contributed by atoms with van der Waals surface area (Å²) in [6, 6.07) is 17.9. The smallest absolute Gasteiger partial charge is 0.308 e. The van der Waals surface area contributed by atoms with Gasteiger partial charge in [-0.25, -0.2) is 0 Å². The third-order valence-corrected chi connectivity index (χ3v) is 5.42. The minimum atomic E-state index is -1.47. The van der Waals surface area contributed by atoms with Gasteiger partial charge in [0.05, 0.1) is 0 Å². The first-order valence-electron chi connectivity index (χ1n) is 8.72. The summed E-state index contributed by atoms with van der Waals surface area (Å²) in [5, 5.41) is 5.66. The molecule has 0 atom stereocenters. The molecule has 2 aromatic rings. The van der Waals surface area contributed by atoms with Crippen LogP contribution in [0.4, 0.5) is 0 Å². The van der Waals surface area contributed by atoms with E-state index in [2.05, 4.69) is 10.6 Å². The van der Waals surface area contributed by atoms with E-state index in [-0.39, 0.29) is 11.8 Å². The van der Waals surface area contributed by atoms with Crippen LogP contribution in [0.5, 0.6) is 0 Å². The van der Waals surface area contributed by atoms with Gasteiger partial charge < -0.3 is 19.5 Å². The molecular formula is C20H26N2O4Si. The third kappa shape index (κ3) is 6.97. The number of carbonyl (C=O) groups is 2. The van der Waals surface area contributed by atoms with Gasteiger partial charge in [0.25, 0.3) is 11.8 Å². The predicted molar refractivity (Wildman–Crippen MR) is 107 cm³/mol. The lowest BCUT2D eigenvalue weighted by atomic mass is 10.2. The molecule has 0 bridgehead atoms. The van der Waals surface area contributed by atoms with E-state index in [0.29, 0.717) is 11.1 Å². The van der Waals surface area contributed by atoms with Crippen molar-refractivity contribution in [1.29, 1.82) is 0 Å². The molecule has 0 spiro atoms. The van der Waals surface area contributed by atoms with Crippen molar-refractivity contribution in [1.82, 2.24) is 10.6 Å². The molecule has 2 N–H and O–H groups in total. The minimum absolute atomic E-state index is 0.216. The Morgan fingerprint density at radius 2 is 1.04 bits per heavy atom. The number of hydrogen-bond acceptors (Lipinski definition) is 4. The number of amides is 2. The first-order chi connectivity index (χ1) is 12.7. The lowest BCUT2D eigenvalue weighted by molar-refractivity contribution is 0.00461. The van der Waals surface area contributed by atoms with E-state index in [1.807, 2.05) is 12.1 Å². The van der Waals surface area contributed by atoms with Crippen molar-refractivity contribution in [3.05, 3.63) is 71.8 Å². The Labute approximate surface area is 162 Å². The molecule has 27 heavy (non-hydrogen) atoms. The van der Waals surface area contributed by atoms with Crippen LogP contribution in [-0.4, -0.2) is 33.3 Å². The molecule has 0 aliphatic rings. The third-order valence-electron chi connectivity index (χ3n) is 3.74. The van der Waals surface area contributed by atoms with Crippen molar-refractivity contribution in [2.45, 2.75) is 39.1 Å². The van der Waals surface area contributed by atoms with Gasteiger partial charge in [0.15, 0.2) is 0 Å². The van der Waals surface area contributed by atoms with E-state index < -0.39 is 21.5 Å². The zero-order valence-corrected chi connectivity index (χ0v) is 17.5. The van der Waals surface area contributed by atoms with Crippen LogP contribution in [0.25, 0.3) is 0 Å². The van der Waals surface area contributed by atoms with Gasteiger partial charge in [-0.2, -0.15) is 0 Å². The van der Waals surface area contributed by atoms with E-state index in [9.17, 15) is 9.59 Å². The highest BCUT2D eigenvalue weighted by atomic mass is 28.3. The molecule has 0 saturated heterocycles. The Balaban J connectivity index is 1.82. The molecule has 0 unspecified atom stereocenters. The van der Waals surface area contributed by atoms with Crippen molar-refractivity contribution in [3.63, 3.8) is 0 Å². The van der Waals surface area contributed by atoms with Crippen LogP contribution in [0.3, 0.4) is 0 Å². The Kier molecular flexibility index (Phi) is 6.90. The minimum Gasteiger partial charge on any atom is -0.376 e. The molecule has 0 radical (unpaired) electrons. The maximum atomic E-state index is 12.2. The van der Waals surface area contributed by atoms with Gasteiger partial charge in [0.1, 0.15) is 11.4 Å². The van der Waals surface area contributed by atoms with Crippen molar-refractivity contribution in [3.8, 4) is 0 Å². The summed E-state index contributed by atoms with van der Waals surface area (Å²) in [5.41, 5.74) is -0.628. The average Bonchev–Trinajstić information content (AvgIpc) is 2.62. The fourth-order valence-electron chi connectivity index (χ4n) is 2.27. The number of hydrogen-bond donors (Lipinski definition) is 2. The highest BCUT2D eigenvalue weighted by molar-refractivity contribution is 6.18. The summed E-state index contributed by atoms with van der Waals surface area (Å²) in [6.45, 7) is 7.05. The van der Waals surface area contributed by atoms with Gasteiger partial charge >= 0.3 is 10.0 Å². The van der Waals surface area contributed by atoms with Crippen LogP contribution in [0.1, 0.15) is 48.4 Å². The Hall–Kier alpha value is -2.48. The standard InChI is InChI=1S/C20H26N2O4Si/c1-19(2,21-17(23)15-11-7-5-8-12-15)25-27-26-20(3,4)22-18(24)16-13-9-6-10-14-16/h5-14H,27H2,1-4H3,(H,21,23)(H,22,24). The Bertz CT molecular complexity index is 699. The fourth-order valence-corrected chi connectivity index (χ4v) is 3.06. The van der Waals surface area contributed by atoms with Crippen molar-refractivity contribution in [2.75, 3.05) is 0 Å². The monoisotopic (exact) mass is 386 g/mol. The van der Waals surface area contributed by atoms with E-state index in [1.165, 1.54) is 0 Å². The maximum absolute atomic E-state index is 12.2. The second-order valence-corrected chi connectivity index (χ2v) is 7.88. The van der Waals surface area contributed by atoms with Gasteiger partial charge in [0, 0.05) is 11.1 Å². The molecule has 7 heteroatoms. The highest BCUT2D eigenvalue weighted by Gasteiger charge is 2.26. The lowest BCUT2D eigenvalue weighted by Crippen LogP contribution is -2.50. The average molecular weight is 387 g/mol. The van der Waals surface area contributed by atoms with Crippen LogP contribution in [-0.2, 0) is 8.85 Å². The van der Waals surface area contributed by atoms with Gasteiger partial charge in [-0.1, -0.05) is 36.4 Å². The molecule has 0 heterocycles. The summed E-state index contributed by atoms with van der Waals surface area (Å²) in [6.07, 6.45) is 0. The van der Waals surface area contributed by atoms with Gasteiger partial charge in [-0.15, -0.1) is 0 Å². The second-order valence-electron chi connectivity index (χ2n) is 7.07. The molecule has 0 fully saturated rings. The number of benzene rings is 2. The molecule has 0 saturated carbocycles. The molecule has 0 aromatic heterocycles. The molecule has 2 amide bonds. The van der Waals surface area contributed by atoms with Crippen molar-refractivity contribution < 1.29 is 18.4 Å². The SMILES string of the molecule is CC(C)(NC(=O)c1ccccc1)O[SiH2]OC(C)(C)NC(=O)c1ccccc1. The summed E-state index contributed by atoms with van der Waals surface area (Å²) < 4.78 is 11.6. The van der Waals surface area contributed by atoms with Gasteiger partial charge in [0.2, 0.25) is 0 Å². The summed E-state index contributed by atoms with van der Waals surface area (Å²) in [5.74, 6) is -0.433. The molecular weight excluding hydrogens is 360 g/mol. The summed E-state index contributed by atoms with van der Waals surface area (Å²) in [4.78, 5) is 24.5. The Morgan fingerprint density at radius 3 is 1.37 bits per heavy atom. The molecule has 2 aromatic carbocycles. The second kappa shape index (κ2) is 8.94. The topological polar surface area (TPSA) is 76.7 Å². The number of nitrogens with one attached hydrogen (secondary N) is 2. The van der Waals surface area contributed by atoms with Crippen LogP contribution < -0.4 is 10.6 Å². The maximum Gasteiger partial charge on any atom is 0.308 e. The van der Waals surface area contributed by atoms with Crippen LogP contribution >= 0.6 is 0 Å². The van der Waals surface area contributed by atoms with E-state index in [1.54, 1.807) is 76.2 Å². The van der Waals surface area contributed by atoms with Crippen molar-refractivity contribution in [2.24, 2.45) is 0 Å². The first kappa shape index (κ1) is 20.8. The van der Waals surface area contributed by atoms with Gasteiger partial charge in [-0.05, 0) is 52.0 Å². The Morgan fingerprint density at radius 1 is 0.704 bits per heavy atom. The normalized spacial score (nSPS) is 11.7. The van der Waals surface area contributed by atoms with E-state index >= 15 is 0 Å². The first-order valence-corrected chi connectivity index (χ1v) is 9.87. The largest absolute Gasteiger partial charge is 0.376 e. The summed E-state index contributed by atoms with van der Waals surface area (Å²) >= 11 is 0. The molecule has 0 aliphatic heterocycles.